The van der Waals surface area contributed by atoms with Crippen molar-refractivity contribution in [3.63, 3.8) is 0 Å². The molecule has 106 valence electrons. The largest absolute Gasteiger partial charge is 0.384 e. The summed E-state index contributed by atoms with van der Waals surface area (Å²) >= 11 is 0. The van der Waals surface area contributed by atoms with Crippen molar-refractivity contribution in [2.75, 3.05) is 0 Å². The first-order chi connectivity index (χ1) is 9.74. The molecule has 0 aliphatic rings. The van der Waals surface area contributed by atoms with Crippen LogP contribution >= 0.6 is 0 Å². The smallest absolute Gasteiger partial charge is 0.104 e. The second kappa shape index (κ2) is 7.25. The highest BCUT2D eigenvalue weighted by Gasteiger charge is 2.10. The molecule has 0 saturated carbocycles. The minimum absolute atomic E-state index is 0.527. The van der Waals surface area contributed by atoms with Gasteiger partial charge >= 0.3 is 0 Å². The number of hydrogen-bond acceptors (Lipinski definition) is 1. The number of rotatable bonds is 6. The summed E-state index contributed by atoms with van der Waals surface area (Å²) in [5.41, 5.74) is 4.60. The van der Waals surface area contributed by atoms with E-state index >= 15 is 0 Å². The van der Waals surface area contributed by atoms with Crippen LogP contribution in [0.25, 0.3) is 0 Å². The van der Waals surface area contributed by atoms with Crippen LogP contribution in [0.5, 0.6) is 0 Å². The number of aryl methyl sites for hydroxylation is 2. The normalized spacial score (nSPS) is 11.0. The van der Waals surface area contributed by atoms with E-state index in [0.29, 0.717) is 0 Å². The van der Waals surface area contributed by atoms with Gasteiger partial charge in [0.05, 0.1) is 0 Å². The van der Waals surface area contributed by atoms with Crippen LogP contribution in [0.3, 0.4) is 0 Å². The van der Waals surface area contributed by atoms with E-state index < -0.39 is 6.10 Å². The molecule has 0 heterocycles. The summed E-state index contributed by atoms with van der Waals surface area (Å²) in [5, 5.41) is 10.4. The van der Waals surface area contributed by atoms with E-state index in [1.165, 1.54) is 11.1 Å². The Morgan fingerprint density at radius 2 is 1.05 bits per heavy atom. The van der Waals surface area contributed by atoms with Gasteiger partial charge in [0.25, 0.3) is 0 Å². The molecule has 2 aromatic carbocycles. The summed E-state index contributed by atoms with van der Waals surface area (Å²) in [6.45, 7) is 4.36. The molecule has 0 aromatic heterocycles. The van der Waals surface area contributed by atoms with Crippen molar-refractivity contribution in [1.29, 1.82) is 0 Å². The summed E-state index contributed by atoms with van der Waals surface area (Å²) in [6.07, 6.45) is 3.98. The lowest BCUT2D eigenvalue weighted by molar-refractivity contribution is 0.220. The first kappa shape index (κ1) is 14.8. The van der Waals surface area contributed by atoms with E-state index in [2.05, 4.69) is 38.1 Å². The highest BCUT2D eigenvalue weighted by atomic mass is 16.3. The molecule has 2 rings (SSSR count). The van der Waals surface area contributed by atoms with Crippen molar-refractivity contribution >= 4 is 0 Å². The lowest BCUT2D eigenvalue weighted by Crippen LogP contribution is -2.00. The van der Waals surface area contributed by atoms with E-state index in [0.717, 1.165) is 36.8 Å². The zero-order chi connectivity index (χ0) is 14.4. The first-order valence-corrected chi connectivity index (χ1v) is 7.60. The zero-order valence-electron chi connectivity index (χ0n) is 12.5. The highest BCUT2D eigenvalue weighted by Crippen LogP contribution is 2.23. The number of aliphatic hydroxyl groups excluding tert-OH is 1. The van der Waals surface area contributed by atoms with E-state index in [1.54, 1.807) is 0 Å². The van der Waals surface area contributed by atoms with Gasteiger partial charge in [0, 0.05) is 0 Å². The van der Waals surface area contributed by atoms with E-state index in [9.17, 15) is 5.11 Å². The summed E-state index contributed by atoms with van der Waals surface area (Å²) < 4.78 is 0. The predicted octanol–water partition coefficient (Wildman–Crippen LogP) is 4.67. The maximum Gasteiger partial charge on any atom is 0.104 e. The SMILES string of the molecule is CCCc1ccc(C(O)c2ccc(CCC)cc2)cc1. The van der Waals surface area contributed by atoms with Crippen molar-refractivity contribution in [3.05, 3.63) is 70.8 Å². The van der Waals surface area contributed by atoms with E-state index in [1.807, 2.05) is 24.3 Å². The molecule has 0 aliphatic heterocycles. The lowest BCUT2D eigenvalue weighted by atomic mass is 9.98. The Hall–Kier alpha value is -1.60. The van der Waals surface area contributed by atoms with Crippen LogP contribution in [0.1, 0.15) is 55.0 Å². The van der Waals surface area contributed by atoms with Gasteiger partial charge in [-0.3, -0.25) is 0 Å². The Morgan fingerprint density at radius 1 is 0.700 bits per heavy atom. The van der Waals surface area contributed by atoms with Crippen LogP contribution in [0, 0.1) is 0 Å². The Morgan fingerprint density at radius 3 is 1.35 bits per heavy atom. The maximum absolute atomic E-state index is 10.4. The van der Waals surface area contributed by atoms with Gasteiger partial charge in [0.2, 0.25) is 0 Å². The maximum atomic E-state index is 10.4. The third-order valence-corrected chi connectivity index (χ3v) is 3.67. The second-order valence-electron chi connectivity index (χ2n) is 5.39. The van der Waals surface area contributed by atoms with E-state index in [4.69, 9.17) is 0 Å². The van der Waals surface area contributed by atoms with Gasteiger partial charge in [-0.1, -0.05) is 75.2 Å². The zero-order valence-corrected chi connectivity index (χ0v) is 12.5. The molecule has 20 heavy (non-hydrogen) atoms. The number of benzene rings is 2. The summed E-state index contributed by atoms with van der Waals surface area (Å²) in [6, 6.07) is 16.6. The van der Waals surface area contributed by atoms with Crippen LogP contribution in [-0.2, 0) is 12.8 Å². The third-order valence-electron chi connectivity index (χ3n) is 3.67. The van der Waals surface area contributed by atoms with Gasteiger partial charge in [-0.15, -0.1) is 0 Å². The average molecular weight is 268 g/mol. The summed E-state index contributed by atoms with van der Waals surface area (Å²) in [5.74, 6) is 0. The van der Waals surface area contributed by atoms with Gasteiger partial charge in [-0.25, -0.2) is 0 Å². The Labute approximate surface area is 122 Å². The first-order valence-electron chi connectivity index (χ1n) is 7.60. The van der Waals surface area contributed by atoms with Crippen molar-refractivity contribution < 1.29 is 5.11 Å². The molecule has 0 spiro atoms. The van der Waals surface area contributed by atoms with Crippen molar-refractivity contribution in [3.8, 4) is 0 Å². The Balaban J connectivity index is 2.11. The molecule has 0 fully saturated rings. The van der Waals surface area contributed by atoms with Crippen LogP contribution < -0.4 is 0 Å². The van der Waals surface area contributed by atoms with Crippen LogP contribution in [-0.4, -0.2) is 5.11 Å². The lowest BCUT2D eigenvalue weighted by Gasteiger charge is -2.13. The van der Waals surface area contributed by atoms with Crippen molar-refractivity contribution in [2.24, 2.45) is 0 Å². The van der Waals surface area contributed by atoms with Gasteiger partial charge in [-0.2, -0.15) is 0 Å². The molecule has 1 nitrogen and oxygen atoms in total. The summed E-state index contributed by atoms with van der Waals surface area (Å²) in [4.78, 5) is 0. The van der Waals surface area contributed by atoms with Crippen molar-refractivity contribution in [2.45, 2.75) is 45.6 Å². The van der Waals surface area contributed by atoms with E-state index in [-0.39, 0.29) is 0 Å². The van der Waals surface area contributed by atoms with Crippen molar-refractivity contribution in [1.82, 2.24) is 0 Å². The minimum atomic E-state index is -0.527. The Kier molecular flexibility index (Phi) is 5.37. The molecule has 0 amide bonds. The summed E-state index contributed by atoms with van der Waals surface area (Å²) in [7, 11) is 0. The fourth-order valence-electron chi connectivity index (χ4n) is 2.50. The fourth-order valence-corrected chi connectivity index (χ4v) is 2.50. The standard InChI is InChI=1S/C19H24O/c1-3-5-15-7-11-17(12-8-15)19(20)18-13-9-16(6-4-2)10-14-18/h7-14,19-20H,3-6H2,1-2H3. The molecule has 0 radical (unpaired) electrons. The van der Waals surface area contributed by atoms with Crippen LogP contribution in [0.2, 0.25) is 0 Å². The van der Waals surface area contributed by atoms with Gasteiger partial charge in [0.1, 0.15) is 6.10 Å². The molecule has 1 N–H and O–H groups in total. The van der Waals surface area contributed by atoms with Gasteiger partial charge in [0.15, 0.2) is 0 Å². The van der Waals surface area contributed by atoms with Gasteiger partial charge in [-0.05, 0) is 35.1 Å². The quantitative estimate of drug-likeness (QED) is 0.807. The molecule has 1 heteroatoms. The van der Waals surface area contributed by atoms with Gasteiger partial charge < -0.3 is 5.11 Å². The molecule has 0 atom stereocenters. The monoisotopic (exact) mass is 268 g/mol. The predicted molar refractivity (Wildman–Crippen MR) is 84.9 cm³/mol. The molecular weight excluding hydrogens is 244 g/mol. The molecule has 2 aromatic rings. The minimum Gasteiger partial charge on any atom is -0.384 e. The molecule has 0 bridgehead atoms. The average Bonchev–Trinajstić information content (AvgIpc) is 2.49. The highest BCUT2D eigenvalue weighted by molar-refractivity contribution is 5.33. The Bertz CT molecular complexity index is 461. The van der Waals surface area contributed by atoms with Crippen LogP contribution in [0.4, 0.5) is 0 Å². The molecular formula is C19H24O. The third kappa shape index (κ3) is 3.71. The fraction of sp³-hybridized carbons (Fsp3) is 0.368. The molecule has 0 unspecified atom stereocenters. The number of hydrogen-bond donors (Lipinski definition) is 1. The molecule has 0 aliphatic carbocycles. The number of aliphatic hydroxyl groups is 1. The molecule has 0 saturated heterocycles. The van der Waals surface area contributed by atoms with Crippen LogP contribution in [0.15, 0.2) is 48.5 Å². The second-order valence-corrected chi connectivity index (χ2v) is 5.39. The topological polar surface area (TPSA) is 20.2 Å².